The van der Waals surface area contributed by atoms with E-state index in [4.69, 9.17) is 5.26 Å². The summed E-state index contributed by atoms with van der Waals surface area (Å²) in [4.78, 5) is 7.80. The topological polar surface area (TPSA) is 61.6 Å². The minimum atomic E-state index is 0.350. The number of hydrogen-bond acceptors (Lipinski definition) is 5. The van der Waals surface area contributed by atoms with Gasteiger partial charge >= 0.3 is 0 Å². The molecule has 0 aliphatic heterocycles. The van der Waals surface area contributed by atoms with Crippen LogP contribution in [0, 0.1) is 11.3 Å². The third-order valence-corrected chi connectivity index (χ3v) is 3.15. The summed E-state index contributed by atoms with van der Waals surface area (Å²) in [5.74, 6) is 0.621. The van der Waals surface area contributed by atoms with Gasteiger partial charge in [-0.25, -0.2) is 9.97 Å². The fourth-order valence-corrected chi connectivity index (χ4v) is 2.29. The summed E-state index contributed by atoms with van der Waals surface area (Å²) in [5.41, 5.74) is 0.350. The molecule has 2 rings (SSSR count). The van der Waals surface area contributed by atoms with Gasteiger partial charge in [-0.3, -0.25) is 0 Å². The molecular weight excluding hydrogens is 276 g/mol. The molecule has 0 amide bonds. The van der Waals surface area contributed by atoms with Crippen molar-refractivity contribution >= 4 is 38.1 Å². The number of halogens is 1. The standard InChI is InChI=1S/C9H5BrN4S/c10-7-1-2-9(15-7)14-8-3-6(4-11)12-5-13-8/h1-3,5H,(H,12,13,14). The zero-order valence-corrected chi connectivity index (χ0v) is 9.84. The van der Waals surface area contributed by atoms with Gasteiger partial charge in [0, 0.05) is 6.07 Å². The maximum atomic E-state index is 8.66. The number of nitrogens with one attached hydrogen (secondary N) is 1. The molecule has 2 heterocycles. The van der Waals surface area contributed by atoms with Gasteiger partial charge in [-0.1, -0.05) is 0 Å². The van der Waals surface area contributed by atoms with Gasteiger partial charge < -0.3 is 5.32 Å². The van der Waals surface area contributed by atoms with Crippen molar-refractivity contribution in [1.29, 1.82) is 5.26 Å². The van der Waals surface area contributed by atoms with Gasteiger partial charge in [-0.15, -0.1) is 11.3 Å². The lowest BCUT2D eigenvalue weighted by molar-refractivity contribution is 1.14. The first-order valence-electron chi connectivity index (χ1n) is 4.02. The maximum absolute atomic E-state index is 8.66. The number of rotatable bonds is 2. The zero-order chi connectivity index (χ0) is 10.7. The van der Waals surface area contributed by atoms with Crippen LogP contribution in [-0.2, 0) is 0 Å². The smallest absolute Gasteiger partial charge is 0.145 e. The van der Waals surface area contributed by atoms with Crippen molar-refractivity contribution in [2.75, 3.05) is 5.32 Å². The molecule has 2 aromatic rings. The Morgan fingerprint density at radius 2 is 2.27 bits per heavy atom. The SMILES string of the molecule is N#Cc1cc(Nc2ccc(Br)s2)ncn1. The Kier molecular flexibility index (Phi) is 2.94. The first kappa shape index (κ1) is 10.1. The summed E-state index contributed by atoms with van der Waals surface area (Å²) in [6, 6.07) is 7.44. The molecule has 2 aromatic heterocycles. The summed E-state index contributed by atoms with van der Waals surface area (Å²) in [6.07, 6.45) is 1.36. The number of nitrogens with zero attached hydrogens (tertiary/aromatic N) is 3. The van der Waals surface area contributed by atoms with Crippen LogP contribution in [0.15, 0.2) is 28.3 Å². The van der Waals surface area contributed by atoms with E-state index in [-0.39, 0.29) is 0 Å². The minimum absolute atomic E-state index is 0.350. The third kappa shape index (κ3) is 2.52. The summed E-state index contributed by atoms with van der Waals surface area (Å²) in [7, 11) is 0. The highest BCUT2D eigenvalue weighted by molar-refractivity contribution is 9.11. The summed E-state index contributed by atoms with van der Waals surface area (Å²) in [6.45, 7) is 0. The van der Waals surface area contributed by atoms with Crippen LogP contribution in [0.4, 0.5) is 10.8 Å². The monoisotopic (exact) mass is 280 g/mol. The van der Waals surface area contributed by atoms with Crippen LogP contribution in [0.3, 0.4) is 0 Å². The molecule has 0 radical (unpaired) electrons. The highest BCUT2D eigenvalue weighted by Crippen LogP contribution is 2.28. The van der Waals surface area contributed by atoms with Crippen LogP contribution in [-0.4, -0.2) is 9.97 Å². The predicted octanol–water partition coefficient (Wildman–Crippen LogP) is 2.92. The highest BCUT2D eigenvalue weighted by atomic mass is 79.9. The van der Waals surface area contributed by atoms with Crippen LogP contribution >= 0.6 is 27.3 Å². The fraction of sp³-hybridized carbons (Fsp3) is 0. The van der Waals surface area contributed by atoms with E-state index in [2.05, 4.69) is 31.2 Å². The summed E-state index contributed by atoms with van der Waals surface area (Å²) in [5, 5.41) is 12.7. The first-order valence-corrected chi connectivity index (χ1v) is 5.63. The van der Waals surface area contributed by atoms with Crippen molar-refractivity contribution in [2.45, 2.75) is 0 Å². The molecule has 1 N–H and O–H groups in total. The van der Waals surface area contributed by atoms with E-state index in [9.17, 15) is 0 Å². The number of hydrogen-bond donors (Lipinski definition) is 1. The Bertz CT molecular complexity index is 517. The van der Waals surface area contributed by atoms with Crippen LogP contribution in [0.1, 0.15) is 5.69 Å². The molecule has 74 valence electrons. The Hall–Kier alpha value is -1.45. The van der Waals surface area contributed by atoms with E-state index >= 15 is 0 Å². The molecule has 0 saturated heterocycles. The average Bonchev–Trinajstić information content (AvgIpc) is 2.64. The van der Waals surface area contributed by atoms with E-state index in [0.29, 0.717) is 11.5 Å². The van der Waals surface area contributed by atoms with Gasteiger partial charge in [-0.2, -0.15) is 5.26 Å². The van der Waals surface area contributed by atoms with E-state index in [1.54, 1.807) is 17.4 Å². The third-order valence-electron chi connectivity index (χ3n) is 1.61. The first-order chi connectivity index (χ1) is 7.28. The highest BCUT2D eigenvalue weighted by Gasteiger charge is 2.00. The van der Waals surface area contributed by atoms with Crippen molar-refractivity contribution in [1.82, 2.24) is 9.97 Å². The summed E-state index contributed by atoms with van der Waals surface area (Å²) < 4.78 is 1.04. The molecule has 0 fully saturated rings. The molecule has 0 spiro atoms. The number of aromatic nitrogens is 2. The summed E-state index contributed by atoms with van der Waals surface area (Å²) >= 11 is 4.93. The molecule has 0 saturated carbocycles. The van der Waals surface area contributed by atoms with E-state index in [1.807, 2.05) is 18.2 Å². The Morgan fingerprint density at radius 3 is 2.93 bits per heavy atom. The van der Waals surface area contributed by atoms with Gasteiger partial charge in [-0.05, 0) is 28.1 Å². The zero-order valence-electron chi connectivity index (χ0n) is 7.44. The minimum Gasteiger partial charge on any atom is -0.332 e. The second-order valence-corrected chi connectivity index (χ2v) is 5.09. The van der Waals surface area contributed by atoms with Crippen LogP contribution in [0.25, 0.3) is 0 Å². The Morgan fingerprint density at radius 1 is 1.40 bits per heavy atom. The molecule has 0 bridgehead atoms. The second kappa shape index (κ2) is 4.38. The Labute approximate surface area is 98.7 Å². The normalized spacial score (nSPS) is 9.60. The molecule has 0 unspecified atom stereocenters. The molecule has 15 heavy (non-hydrogen) atoms. The number of nitriles is 1. The van der Waals surface area contributed by atoms with Gasteiger partial charge in [0.05, 0.1) is 8.79 Å². The number of thiophene rings is 1. The lowest BCUT2D eigenvalue weighted by Gasteiger charge is -2.00. The maximum Gasteiger partial charge on any atom is 0.145 e. The fourth-order valence-electron chi connectivity index (χ4n) is 0.995. The second-order valence-electron chi connectivity index (χ2n) is 2.63. The largest absolute Gasteiger partial charge is 0.332 e. The molecular formula is C9H5BrN4S. The van der Waals surface area contributed by atoms with Crippen LogP contribution in [0.2, 0.25) is 0 Å². The van der Waals surface area contributed by atoms with E-state index in [0.717, 1.165) is 8.79 Å². The molecule has 4 nitrogen and oxygen atoms in total. The molecule has 0 aliphatic rings. The number of anilines is 2. The lowest BCUT2D eigenvalue weighted by Crippen LogP contribution is -1.93. The van der Waals surface area contributed by atoms with Crippen molar-refractivity contribution in [2.24, 2.45) is 0 Å². The molecule has 6 heteroatoms. The van der Waals surface area contributed by atoms with E-state index < -0.39 is 0 Å². The molecule has 0 atom stereocenters. The van der Waals surface area contributed by atoms with E-state index in [1.165, 1.54) is 6.33 Å². The van der Waals surface area contributed by atoms with Gasteiger partial charge in [0.25, 0.3) is 0 Å². The Balaban J connectivity index is 2.21. The van der Waals surface area contributed by atoms with Gasteiger partial charge in [0.15, 0.2) is 0 Å². The van der Waals surface area contributed by atoms with Gasteiger partial charge in [0.2, 0.25) is 0 Å². The molecule has 0 aliphatic carbocycles. The quantitative estimate of drug-likeness (QED) is 0.919. The van der Waals surface area contributed by atoms with Gasteiger partial charge in [0.1, 0.15) is 23.9 Å². The van der Waals surface area contributed by atoms with Crippen molar-refractivity contribution in [3.63, 3.8) is 0 Å². The van der Waals surface area contributed by atoms with Crippen molar-refractivity contribution in [3.05, 3.63) is 34.0 Å². The van der Waals surface area contributed by atoms with Crippen molar-refractivity contribution < 1.29 is 0 Å². The average molecular weight is 281 g/mol. The van der Waals surface area contributed by atoms with Crippen LogP contribution < -0.4 is 5.32 Å². The lowest BCUT2D eigenvalue weighted by atomic mass is 10.4. The molecule has 0 aromatic carbocycles. The van der Waals surface area contributed by atoms with Crippen molar-refractivity contribution in [3.8, 4) is 6.07 Å². The predicted molar refractivity (Wildman–Crippen MR) is 62.0 cm³/mol. The van der Waals surface area contributed by atoms with Crippen LogP contribution in [0.5, 0.6) is 0 Å².